The molecule has 2 fully saturated rings. The lowest BCUT2D eigenvalue weighted by atomic mass is 10.1. The first-order valence-electron chi connectivity index (χ1n) is 7.56. The van der Waals surface area contributed by atoms with E-state index >= 15 is 0 Å². The van der Waals surface area contributed by atoms with E-state index in [0.717, 1.165) is 52.4 Å². The standard InChI is InChI=1S/C14H30N4O/c1-12-8-18(11-14(12)16(2)3)10-13(19)9-17-6-4-15-5-7-17/h12-15,19H,4-11H2,1-3H3. The molecule has 5 heteroatoms. The molecule has 0 radical (unpaired) electrons. The van der Waals surface area contributed by atoms with Crippen molar-refractivity contribution in [3.63, 3.8) is 0 Å². The maximum absolute atomic E-state index is 10.3. The number of hydrogen-bond donors (Lipinski definition) is 2. The SMILES string of the molecule is CC1CN(CC(O)CN2CCNCC2)CC1N(C)C. The number of likely N-dealkylation sites (tertiary alicyclic amines) is 1. The van der Waals surface area contributed by atoms with Crippen molar-refractivity contribution in [2.75, 3.05) is 66.5 Å². The van der Waals surface area contributed by atoms with Crippen molar-refractivity contribution in [3.8, 4) is 0 Å². The molecular weight excluding hydrogens is 240 g/mol. The van der Waals surface area contributed by atoms with Gasteiger partial charge in [-0.3, -0.25) is 9.80 Å². The molecule has 2 N–H and O–H groups in total. The van der Waals surface area contributed by atoms with Gasteiger partial charge in [-0.25, -0.2) is 0 Å². The van der Waals surface area contributed by atoms with Crippen molar-refractivity contribution in [2.24, 2.45) is 5.92 Å². The minimum atomic E-state index is -0.216. The summed E-state index contributed by atoms with van der Waals surface area (Å²) in [4.78, 5) is 7.10. The number of likely N-dealkylation sites (N-methyl/N-ethyl adjacent to an activating group) is 1. The topological polar surface area (TPSA) is 42.0 Å². The molecule has 3 atom stereocenters. The van der Waals surface area contributed by atoms with Crippen LogP contribution in [0.4, 0.5) is 0 Å². The molecule has 5 nitrogen and oxygen atoms in total. The summed E-state index contributed by atoms with van der Waals surface area (Å²) < 4.78 is 0. The van der Waals surface area contributed by atoms with Crippen LogP contribution in [-0.4, -0.2) is 98.4 Å². The highest BCUT2D eigenvalue weighted by atomic mass is 16.3. The van der Waals surface area contributed by atoms with Gasteiger partial charge in [-0.1, -0.05) is 6.92 Å². The molecular formula is C14H30N4O. The number of β-amino-alcohol motifs (C(OH)–C–C–N with tert-alkyl or cyclic N) is 1. The van der Waals surface area contributed by atoms with Gasteiger partial charge in [-0.05, 0) is 20.0 Å². The molecule has 0 aliphatic carbocycles. The van der Waals surface area contributed by atoms with E-state index in [9.17, 15) is 5.11 Å². The summed E-state index contributed by atoms with van der Waals surface area (Å²) >= 11 is 0. The minimum Gasteiger partial charge on any atom is -0.390 e. The minimum absolute atomic E-state index is 0.216. The molecule has 0 aromatic rings. The molecule has 19 heavy (non-hydrogen) atoms. The Morgan fingerprint density at radius 2 is 1.79 bits per heavy atom. The van der Waals surface area contributed by atoms with Gasteiger partial charge < -0.3 is 15.3 Å². The zero-order valence-corrected chi connectivity index (χ0v) is 12.7. The molecule has 2 aliphatic rings. The third kappa shape index (κ3) is 4.39. The summed E-state index contributed by atoms with van der Waals surface area (Å²) in [6.07, 6.45) is -0.216. The van der Waals surface area contributed by atoms with Crippen molar-refractivity contribution in [1.82, 2.24) is 20.0 Å². The van der Waals surface area contributed by atoms with Crippen LogP contribution in [0.5, 0.6) is 0 Å². The van der Waals surface area contributed by atoms with E-state index < -0.39 is 0 Å². The molecule has 2 rings (SSSR count). The van der Waals surface area contributed by atoms with Gasteiger partial charge in [0.1, 0.15) is 0 Å². The Labute approximate surface area is 117 Å². The fraction of sp³-hybridized carbons (Fsp3) is 1.00. The second-order valence-electron chi connectivity index (χ2n) is 6.43. The Morgan fingerprint density at radius 3 is 2.37 bits per heavy atom. The van der Waals surface area contributed by atoms with Crippen LogP contribution in [-0.2, 0) is 0 Å². The number of nitrogens with zero attached hydrogens (tertiary/aromatic N) is 3. The van der Waals surface area contributed by atoms with Crippen LogP contribution in [0.3, 0.4) is 0 Å². The Kier molecular flexibility index (Phi) is 5.59. The zero-order valence-electron chi connectivity index (χ0n) is 12.7. The van der Waals surface area contributed by atoms with Gasteiger partial charge in [0.2, 0.25) is 0 Å². The number of hydrogen-bond acceptors (Lipinski definition) is 5. The van der Waals surface area contributed by atoms with Crippen LogP contribution in [0.2, 0.25) is 0 Å². The van der Waals surface area contributed by atoms with Gasteiger partial charge in [0.05, 0.1) is 6.10 Å². The smallest absolute Gasteiger partial charge is 0.0793 e. The van der Waals surface area contributed by atoms with Gasteiger partial charge >= 0.3 is 0 Å². The van der Waals surface area contributed by atoms with E-state index in [2.05, 4.69) is 41.0 Å². The molecule has 2 heterocycles. The van der Waals surface area contributed by atoms with Crippen LogP contribution < -0.4 is 5.32 Å². The van der Waals surface area contributed by atoms with Crippen LogP contribution in [0.25, 0.3) is 0 Å². The summed E-state index contributed by atoms with van der Waals surface area (Å²) in [5, 5.41) is 13.6. The summed E-state index contributed by atoms with van der Waals surface area (Å²) in [6, 6.07) is 0.631. The lowest BCUT2D eigenvalue weighted by Gasteiger charge is -2.30. The Balaban J connectivity index is 1.72. The molecule has 0 saturated carbocycles. The Morgan fingerprint density at radius 1 is 1.16 bits per heavy atom. The highest BCUT2D eigenvalue weighted by molar-refractivity contribution is 4.87. The van der Waals surface area contributed by atoms with Gasteiger partial charge in [0.15, 0.2) is 0 Å². The van der Waals surface area contributed by atoms with Crippen LogP contribution >= 0.6 is 0 Å². The molecule has 2 aliphatic heterocycles. The molecule has 0 amide bonds. The molecule has 2 saturated heterocycles. The quantitative estimate of drug-likeness (QED) is 0.680. The van der Waals surface area contributed by atoms with E-state index in [1.54, 1.807) is 0 Å². The lowest BCUT2D eigenvalue weighted by Crippen LogP contribution is -2.48. The second-order valence-corrected chi connectivity index (χ2v) is 6.43. The van der Waals surface area contributed by atoms with E-state index in [1.807, 2.05) is 0 Å². The number of rotatable bonds is 5. The number of piperazine rings is 1. The van der Waals surface area contributed by atoms with Gasteiger partial charge in [0, 0.05) is 58.4 Å². The van der Waals surface area contributed by atoms with Crippen molar-refractivity contribution in [3.05, 3.63) is 0 Å². The second kappa shape index (κ2) is 6.99. The predicted octanol–water partition coefficient (Wildman–Crippen LogP) is -0.866. The molecule has 0 aromatic carbocycles. The maximum atomic E-state index is 10.3. The summed E-state index contributed by atoms with van der Waals surface area (Å²) in [5.41, 5.74) is 0. The third-order valence-electron chi connectivity index (χ3n) is 4.46. The van der Waals surface area contributed by atoms with Gasteiger partial charge in [0.25, 0.3) is 0 Å². The Hall–Kier alpha value is -0.200. The average Bonchev–Trinajstić information content (AvgIpc) is 2.71. The molecule has 0 spiro atoms. The molecule has 112 valence electrons. The number of aliphatic hydroxyl groups excluding tert-OH is 1. The van der Waals surface area contributed by atoms with Gasteiger partial charge in [-0.15, -0.1) is 0 Å². The number of aliphatic hydroxyl groups is 1. The monoisotopic (exact) mass is 270 g/mol. The fourth-order valence-electron chi connectivity index (χ4n) is 3.42. The van der Waals surface area contributed by atoms with Crippen molar-refractivity contribution in [2.45, 2.75) is 19.1 Å². The molecule has 0 bridgehead atoms. The van der Waals surface area contributed by atoms with Crippen molar-refractivity contribution < 1.29 is 5.11 Å². The van der Waals surface area contributed by atoms with Crippen LogP contribution in [0.15, 0.2) is 0 Å². The summed E-state index contributed by atoms with van der Waals surface area (Å²) in [5.74, 6) is 0.696. The first kappa shape index (κ1) is 15.2. The molecule has 0 aromatic heterocycles. The predicted molar refractivity (Wildman–Crippen MR) is 78.4 cm³/mol. The first-order valence-corrected chi connectivity index (χ1v) is 7.56. The Bertz CT molecular complexity index is 268. The highest BCUT2D eigenvalue weighted by Crippen LogP contribution is 2.20. The largest absolute Gasteiger partial charge is 0.390 e. The fourth-order valence-corrected chi connectivity index (χ4v) is 3.42. The number of nitrogens with one attached hydrogen (secondary N) is 1. The highest BCUT2D eigenvalue weighted by Gasteiger charge is 2.31. The van der Waals surface area contributed by atoms with E-state index in [1.165, 1.54) is 0 Å². The zero-order chi connectivity index (χ0) is 13.8. The summed E-state index contributed by atoms with van der Waals surface area (Å²) in [6.45, 7) is 10.4. The van der Waals surface area contributed by atoms with E-state index in [4.69, 9.17) is 0 Å². The average molecular weight is 270 g/mol. The van der Waals surface area contributed by atoms with Gasteiger partial charge in [-0.2, -0.15) is 0 Å². The third-order valence-corrected chi connectivity index (χ3v) is 4.46. The van der Waals surface area contributed by atoms with E-state index in [-0.39, 0.29) is 6.10 Å². The van der Waals surface area contributed by atoms with Crippen molar-refractivity contribution in [1.29, 1.82) is 0 Å². The normalized spacial score (nSPS) is 32.1. The van der Waals surface area contributed by atoms with E-state index in [0.29, 0.717) is 12.0 Å². The summed E-state index contributed by atoms with van der Waals surface area (Å²) in [7, 11) is 4.31. The molecule has 3 unspecified atom stereocenters. The van der Waals surface area contributed by atoms with Crippen LogP contribution in [0, 0.1) is 5.92 Å². The maximum Gasteiger partial charge on any atom is 0.0793 e. The first-order chi connectivity index (χ1) is 9.06. The van der Waals surface area contributed by atoms with Crippen molar-refractivity contribution >= 4 is 0 Å². The van der Waals surface area contributed by atoms with Crippen LogP contribution in [0.1, 0.15) is 6.92 Å². The lowest BCUT2D eigenvalue weighted by molar-refractivity contribution is 0.0744.